The maximum absolute atomic E-state index is 6.74. The molecule has 5 saturated carbocycles. The Kier molecular flexibility index (Phi) is 5.17. The summed E-state index contributed by atoms with van der Waals surface area (Å²) in [4.78, 5) is 0. The minimum Gasteiger partial charge on any atom is -0.377 e. The van der Waals surface area contributed by atoms with E-state index >= 15 is 0 Å². The Morgan fingerprint density at radius 3 is 2.24 bits per heavy atom. The predicted octanol–water partition coefficient (Wildman–Crippen LogP) is 7.18. The van der Waals surface area contributed by atoms with Crippen molar-refractivity contribution >= 4 is 0 Å². The number of fused-ring (bicyclic) bond motifs is 5. The highest BCUT2D eigenvalue weighted by Gasteiger charge is 2.72. The van der Waals surface area contributed by atoms with E-state index in [0.29, 0.717) is 46.0 Å². The zero-order valence-corrected chi connectivity index (χ0v) is 23.3. The van der Waals surface area contributed by atoms with E-state index in [-0.39, 0.29) is 5.41 Å². The lowest BCUT2D eigenvalue weighted by atomic mass is 9.31. The predicted molar refractivity (Wildman–Crippen MR) is 138 cm³/mol. The number of hydrogen-bond donors (Lipinski definition) is 1. The van der Waals surface area contributed by atoms with Crippen molar-refractivity contribution in [1.82, 2.24) is 0 Å². The minimum atomic E-state index is 0.211. The van der Waals surface area contributed by atoms with E-state index in [4.69, 9.17) is 15.2 Å². The van der Waals surface area contributed by atoms with Crippen LogP contribution in [0.5, 0.6) is 0 Å². The largest absolute Gasteiger partial charge is 0.377 e. The minimum absolute atomic E-state index is 0.211. The van der Waals surface area contributed by atoms with Gasteiger partial charge in [-0.3, -0.25) is 0 Å². The second kappa shape index (κ2) is 7.25. The average Bonchev–Trinajstić information content (AvgIpc) is 3.10. The van der Waals surface area contributed by atoms with Crippen LogP contribution >= 0.6 is 0 Å². The number of rotatable bonds is 2. The summed E-state index contributed by atoms with van der Waals surface area (Å²) in [5.41, 5.74) is 8.24. The van der Waals surface area contributed by atoms with E-state index in [2.05, 4.69) is 48.5 Å². The molecule has 5 aliphatic carbocycles. The van der Waals surface area contributed by atoms with Crippen molar-refractivity contribution in [2.45, 2.75) is 125 Å². The molecule has 1 heterocycles. The van der Waals surface area contributed by atoms with Gasteiger partial charge in [-0.05, 0) is 120 Å². The molecule has 6 rings (SSSR count). The van der Waals surface area contributed by atoms with Gasteiger partial charge in [0.2, 0.25) is 0 Å². The number of nitrogens with two attached hydrogens (primary N) is 1. The van der Waals surface area contributed by atoms with Gasteiger partial charge in [0.15, 0.2) is 0 Å². The Morgan fingerprint density at radius 1 is 0.765 bits per heavy atom. The van der Waals surface area contributed by atoms with Crippen LogP contribution in [-0.4, -0.2) is 25.5 Å². The van der Waals surface area contributed by atoms with Gasteiger partial charge < -0.3 is 15.2 Å². The molecule has 1 saturated heterocycles. The lowest BCUT2D eigenvalue weighted by Crippen LogP contribution is -2.67. The Bertz CT molecular complexity index is 837. The number of hydrogen-bond acceptors (Lipinski definition) is 3. The first-order valence-electron chi connectivity index (χ1n) is 14.8. The molecule has 0 amide bonds. The third-order valence-corrected chi connectivity index (χ3v) is 14.4. The van der Waals surface area contributed by atoms with E-state index in [1.165, 1.54) is 64.2 Å². The highest BCUT2D eigenvalue weighted by atomic mass is 16.5. The summed E-state index contributed by atoms with van der Waals surface area (Å²) in [7, 11) is 0. The van der Waals surface area contributed by atoms with Gasteiger partial charge in [-0.1, -0.05) is 48.5 Å². The summed E-state index contributed by atoms with van der Waals surface area (Å²) in [6.45, 7) is 19.6. The van der Waals surface area contributed by atoms with Gasteiger partial charge in [0.05, 0.1) is 25.5 Å². The molecule has 0 aromatic rings. The normalized spacial score (nSPS) is 57.2. The average molecular weight is 472 g/mol. The van der Waals surface area contributed by atoms with Crippen molar-refractivity contribution in [3.8, 4) is 0 Å². The highest BCUT2D eigenvalue weighted by Crippen LogP contribution is 2.78. The second-order valence-electron chi connectivity index (χ2n) is 16.0. The summed E-state index contributed by atoms with van der Waals surface area (Å²) in [5, 5.41) is 0. The van der Waals surface area contributed by atoms with Crippen LogP contribution in [0.15, 0.2) is 0 Å². The fourth-order valence-electron chi connectivity index (χ4n) is 12.4. The van der Waals surface area contributed by atoms with Crippen molar-refractivity contribution in [2.75, 3.05) is 13.3 Å². The van der Waals surface area contributed by atoms with E-state index in [1.807, 2.05) is 0 Å². The fraction of sp³-hybridized carbons (Fsp3) is 1.00. The van der Waals surface area contributed by atoms with Gasteiger partial charge in [0, 0.05) is 0 Å². The third-order valence-electron chi connectivity index (χ3n) is 14.4. The van der Waals surface area contributed by atoms with E-state index in [0.717, 1.165) is 30.3 Å². The highest BCUT2D eigenvalue weighted by molar-refractivity contribution is 5.21. The first kappa shape index (κ1) is 24.2. The zero-order chi connectivity index (χ0) is 24.4. The third kappa shape index (κ3) is 2.76. The summed E-state index contributed by atoms with van der Waals surface area (Å²) >= 11 is 0. The van der Waals surface area contributed by atoms with E-state index < -0.39 is 0 Å². The van der Waals surface area contributed by atoms with Crippen molar-refractivity contribution in [3.05, 3.63) is 0 Å². The Labute approximate surface area is 209 Å². The van der Waals surface area contributed by atoms with Gasteiger partial charge in [-0.2, -0.15) is 0 Å². The maximum Gasteiger partial charge on any atom is 0.0944 e. The van der Waals surface area contributed by atoms with Gasteiger partial charge >= 0.3 is 0 Å². The molecule has 2 bridgehead atoms. The molecular formula is C31H53NO2. The molecule has 1 aliphatic heterocycles. The van der Waals surface area contributed by atoms with Crippen molar-refractivity contribution < 1.29 is 9.47 Å². The summed E-state index contributed by atoms with van der Waals surface area (Å²) < 4.78 is 12.9. The molecule has 10 atom stereocenters. The van der Waals surface area contributed by atoms with Crippen LogP contribution in [0.2, 0.25) is 0 Å². The molecule has 6 aliphatic rings. The summed E-state index contributed by atoms with van der Waals surface area (Å²) in [5.74, 6) is 3.22. The molecule has 0 spiro atoms. The first-order valence-corrected chi connectivity index (χ1v) is 14.8. The van der Waals surface area contributed by atoms with Gasteiger partial charge in [-0.15, -0.1) is 0 Å². The Morgan fingerprint density at radius 2 is 1.50 bits per heavy atom. The van der Waals surface area contributed by atoms with Gasteiger partial charge in [0.25, 0.3) is 0 Å². The molecular weight excluding hydrogens is 418 g/mol. The SMILES string of the molecule is CC1(C)CCC23CC[C@]4(C)C(CCC5[C@@]6(C)CC[C@H](OCN)C(C)(C)C6CC[C@]54C)C2C1OC3. The van der Waals surface area contributed by atoms with Crippen LogP contribution in [-0.2, 0) is 9.47 Å². The van der Waals surface area contributed by atoms with Crippen molar-refractivity contribution in [3.63, 3.8) is 0 Å². The molecule has 34 heavy (non-hydrogen) atoms. The van der Waals surface area contributed by atoms with Crippen LogP contribution < -0.4 is 5.73 Å². The molecule has 6 fully saturated rings. The Balaban J connectivity index is 1.36. The van der Waals surface area contributed by atoms with Gasteiger partial charge in [-0.25, -0.2) is 0 Å². The van der Waals surface area contributed by atoms with Crippen LogP contribution in [0, 0.1) is 56.2 Å². The smallest absolute Gasteiger partial charge is 0.0944 e. The summed E-state index contributed by atoms with van der Waals surface area (Å²) in [6, 6.07) is 0. The molecule has 2 N–H and O–H groups in total. The lowest BCUT2D eigenvalue weighted by molar-refractivity contribution is -0.255. The van der Waals surface area contributed by atoms with Crippen LogP contribution in [0.1, 0.15) is 113 Å². The molecule has 3 nitrogen and oxygen atoms in total. The van der Waals surface area contributed by atoms with Crippen LogP contribution in [0.25, 0.3) is 0 Å². The first-order chi connectivity index (χ1) is 15.9. The maximum atomic E-state index is 6.74. The van der Waals surface area contributed by atoms with Crippen LogP contribution in [0.3, 0.4) is 0 Å². The lowest BCUT2D eigenvalue weighted by Gasteiger charge is -2.73. The molecule has 194 valence electrons. The van der Waals surface area contributed by atoms with Gasteiger partial charge in [0.1, 0.15) is 0 Å². The van der Waals surface area contributed by atoms with E-state index in [9.17, 15) is 0 Å². The fourth-order valence-corrected chi connectivity index (χ4v) is 12.4. The van der Waals surface area contributed by atoms with Crippen molar-refractivity contribution in [1.29, 1.82) is 0 Å². The monoisotopic (exact) mass is 471 g/mol. The number of ether oxygens (including phenoxy) is 2. The second-order valence-corrected chi connectivity index (χ2v) is 16.0. The molecule has 3 heteroatoms. The summed E-state index contributed by atoms with van der Waals surface area (Å²) in [6.07, 6.45) is 14.6. The van der Waals surface area contributed by atoms with E-state index in [1.54, 1.807) is 0 Å². The molecule has 0 aromatic heterocycles. The molecule has 0 radical (unpaired) electrons. The molecule has 0 aromatic carbocycles. The van der Waals surface area contributed by atoms with Crippen LogP contribution in [0.4, 0.5) is 0 Å². The molecule has 6 unspecified atom stereocenters. The Hall–Kier alpha value is -0.120. The quantitative estimate of drug-likeness (QED) is 0.434. The topological polar surface area (TPSA) is 44.5 Å². The van der Waals surface area contributed by atoms with Crippen molar-refractivity contribution in [2.24, 2.45) is 61.9 Å². The standard InChI is InChI=1S/C31H53NO2/c1-26(2)14-16-31-17-15-29(6)20(24(31)25(26)33-18-31)8-9-22-28(5)12-11-23(34-19-32)27(3,4)21(28)10-13-30(22,29)7/h20-25H,8-19,32H2,1-7H3/t20?,21?,22?,23-,24?,25?,28-,29+,30+,31?/m0/s1. The zero-order valence-electron chi connectivity index (χ0n) is 23.3.